The van der Waals surface area contributed by atoms with Gasteiger partial charge in [-0.3, -0.25) is 4.79 Å². The van der Waals surface area contributed by atoms with Crippen LogP contribution in [0.3, 0.4) is 0 Å². The standard InChI is InChI=1S/C14H21BrN2O/c1-3-4-5-6-7-14(18)17(2)13-9-8-11(15)10-12(13)16/h8-10H,3-7,16H2,1-2H3. The van der Waals surface area contributed by atoms with E-state index in [0.29, 0.717) is 12.1 Å². The summed E-state index contributed by atoms with van der Waals surface area (Å²) >= 11 is 3.36. The molecule has 1 aromatic rings. The molecule has 1 amide bonds. The molecule has 1 rings (SSSR count). The molecular weight excluding hydrogens is 292 g/mol. The van der Waals surface area contributed by atoms with Crippen molar-refractivity contribution in [2.75, 3.05) is 17.7 Å². The van der Waals surface area contributed by atoms with Crippen molar-refractivity contribution in [2.24, 2.45) is 0 Å². The van der Waals surface area contributed by atoms with Crippen LogP contribution < -0.4 is 10.6 Å². The van der Waals surface area contributed by atoms with Crippen LogP contribution in [-0.4, -0.2) is 13.0 Å². The van der Waals surface area contributed by atoms with Gasteiger partial charge in [0.1, 0.15) is 0 Å². The van der Waals surface area contributed by atoms with Gasteiger partial charge in [0.05, 0.1) is 11.4 Å². The number of unbranched alkanes of at least 4 members (excludes halogenated alkanes) is 3. The molecule has 0 aliphatic rings. The first kappa shape index (κ1) is 15.0. The van der Waals surface area contributed by atoms with Crippen molar-refractivity contribution in [3.8, 4) is 0 Å². The lowest BCUT2D eigenvalue weighted by Crippen LogP contribution is -2.26. The Labute approximate surface area is 117 Å². The Kier molecular flexibility index (Phi) is 6.19. The van der Waals surface area contributed by atoms with E-state index in [1.807, 2.05) is 18.2 Å². The molecule has 0 fully saturated rings. The molecule has 2 N–H and O–H groups in total. The van der Waals surface area contributed by atoms with E-state index in [2.05, 4.69) is 22.9 Å². The van der Waals surface area contributed by atoms with Crippen molar-refractivity contribution in [1.29, 1.82) is 0 Å². The molecule has 3 nitrogen and oxygen atoms in total. The van der Waals surface area contributed by atoms with Gasteiger partial charge in [-0.15, -0.1) is 0 Å². The summed E-state index contributed by atoms with van der Waals surface area (Å²) in [7, 11) is 1.78. The number of nitrogen functional groups attached to an aromatic ring is 1. The van der Waals surface area contributed by atoms with E-state index in [0.717, 1.165) is 23.0 Å². The fourth-order valence-corrected chi connectivity index (χ4v) is 2.21. The van der Waals surface area contributed by atoms with Gasteiger partial charge in [-0.1, -0.05) is 42.1 Å². The predicted molar refractivity (Wildman–Crippen MR) is 80.7 cm³/mol. The van der Waals surface area contributed by atoms with E-state index in [4.69, 9.17) is 5.73 Å². The summed E-state index contributed by atoms with van der Waals surface area (Å²) in [5, 5.41) is 0. The van der Waals surface area contributed by atoms with E-state index in [1.54, 1.807) is 11.9 Å². The first-order chi connectivity index (χ1) is 8.56. The lowest BCUT2D eigenvalue weighted by atomic mass is 10.1. The Bertz CT molecular complexity index is 407. The second kappa shape index (κ2) is 7.41. The number of rotatable bonds is 6. The number of hydrogen-bond donors (Lipinski definition) is 1. The molecule has 0 heterocycles. The summed E-state index contributed by atoms with van der Waals surface area (Å²) in [6, 6.07) is 5.58. The fraction of sp³-hybridized carbons (Fsp3) is 0.500. The van der Waals surface area contributed by atoms with E-state index in [9.17, 15) is 4.79 Å². The number of amides is 1. The van der Waals surface area contributed by atoms with Crippen molar-refractivity contribution in [3.63, 3.8) is 0 Å². The first-order valence-corrected chi connectivity index (χ1v) is 7.17. The number of nitrogens with two attached hydrogens (primary N) is 1. The van der Waals surface area contributed by atoms with Crippen LogP contribution in [0.1, 0.15) is 39.0 Å². The summed E-state index contributed by atoms with van der Waals surface area (Å²) in [6.45, 7) is 2.16. The molecule has 0 radical (unpaired) electrons. The maximum atomic E-state index is 12.0. The van der Waals surface area contributed by atoms with Gasteiger partial charge in [-0.25, -0.2) is 0 Å². The minimum atomic E-state index is 0.125. The summed E-state index contributed by atoms with van der Waals surface area (Å²) in [4.78, 5) is 13.6. The minimum Gasteiger partial charge on any atom is -0.397 e. The average Bonchev–Trinajstić information content (AvgIpc) is 2.33. The van der Waals surface area contributed by atoms with E-state index >= 15 is 0 Å². The molecule has 1 aromatic carbocycles. The van der Waals surface area contributed by atoms with Crippen LogP contribution >= 0.6 is 15.9 Å². The van der Waals surface area contributed by atoms with E-state index in [-0.39, 0.29) is 5.91 Å². The molecule has 0 unspecified atom stereocenters. The molecule has 0 bridgehead atoms. The normalized spacial score (nSPS) is 10.4. The van der Waals surface area contributed by atoms with Crippen molar-refractivity contribution >= 4 is 33.2 Å². The highest BCUT2D eigenvalue weighted by Gasteiger charge is 2.13. The molecule has 18 heavy (non-hydrogen) atoms. The molecule has 0 saturated heterocycles. The van der Waals surface area contributed by atoms with Crippen LogP contribution in [-0.2, 0) is 4.79 Å². The minimum absolute atomic E-state index is 0.125. The predicted octanol–water partition coefficient (Wildman–Crippen LogP) is 3.96. The van der Waals surface area contributed by atoms with Crippen molar-refractivity contribution in [3.05, 3.63) is 22.7 Å². The highest BCUT2D eigenvalue weighted by Crippen LogP contribution is 2.26. The summed E-state index contributed by atoms with van der Waals surface area (Å²) in [6.07, 6.45) is 5.03. The number of nitrogens with zero attached hydrogens (tertiary/aromatic N) is 1. The Hall–Kier alpha value is -1.03. The summed E-state index contributed by atoms with van der Waals surface area (Å²) in [5.41, 5.74) is 7.31. The van der Waals surface area contributed by atoms with Crippen molar-refractivity contribution in [1.82, 2.24) is 0 Å². The lowest BCUT2D eigenvalue weighted by Gasteiger charge is -2.19. The maximum Gasteiger partial charge on any atom is 0.226 e. The van der Waals surface area contributed by atoms with Crippen LogP contribution in [0.25, 0.3) is 0 Å². The van der Waals surface area contributed by atoms with Gasteiger partial charge in [0.2, 0.25) is 5.91 Å². The largest absolute Gasteiger partial charge is 0.397 e. The van der Waals surface area contributed by atoms with Gasteiger partial charge in [-0.2, -0.15) is 0 Å². The number of carbonyl (C=O) groups is 1. The molecule has 0 spiro atoms. The van der Waals surface area contributed by atoms with Crippen LogP contribution in [0, 0.1) is 0 Å². The quantitative estimate of drug-likeness (QED) is 0.638. The maximum absolute atomic E-state index is 12.0. The number of benzene rings is 1. The van der Waals surface area contributed by atoms with Gasteiger partial charge < -0.3 is 10.6 Å². The number of carbonyl (C=O) groups excluding carboxylic acids is 1. The third-order valence-corrected chi connectivity index (χ3v) is 3.46. The van der Waals surface area contributed by atoms with E-state index < -0.39 is 0 Å². The molecule has 0 saturated carbocycles. The monoisotopic (exact) mass is 312 g/mol. The highest BCUT2D eigenvalue weighted by atomic mass is 79.9. The molecule has 0 atom stereocenters. The third-order valence-electron chi connectivity index (χ3n) is 2.97. The molecule has 100 valence electrons. The molecule has 0 aliphatic carbocycles. The van der Waals surface area contributed by atoms with Gasteiger partial charge in [-0.05, 0) is 24.6 Å². The molecule has 4 heteroatoms. The van der Waals surface area contributed by atoms with Crippen LogP contribution in [0.4, 0.5) is 11.4 Å². The van der Waals surface area contributed by atoms with Gasteiger partial charge in [0, 0.05) is 17.9 Å². The van der Waals surface area contributed by atoms with Crippen LogP contribution in [0.15, 0.2) is 22.7 Å². The van der Waals surface area contributed by atoms with Crippen molar-refractivity contribution in [2.45, 2.75) is 39.0 Å². The smallest absolute Gasteiger partial charge is 0.226 e. The molecule has 0 aliphatic heterocycles. The zero-order chi connectivity index (χ0) is 13.5. The Balaban J connectivity index is 2.57. The number of halogens is 1. The van der Waals surface area contributed by atoms with E-state index in [1.165, 1.54) is 12.8 Å². The van der Waals surface area contributed by atoms with Crippen LogP contribution in [0.5, 0.6) is 0 Å². The summed E-state index contributed by atoms with van der Waals surface area (Å²) in [5.74, 6) is 0.125. The Morgan fingerprint density at radius 3 is 2.67 bits per heavy atom. The third kappa shape index (κ3) is 4.33. The van der Waals surface area contributed by atoms with Crippen molar-refractivity contribution < 1.29 is 4.79 Å². The van der Waals surface area contributed by atoms with Gasteiger partial charge in [0.25, 0.3) is 0 Å². The Morgan fingerprint density at radius 2 is 2.06 bits per heavy atom. The highest BCUT2D eigenvalue weighted by molar-refractivity contribution is 9.10. The SMILES string of the molecule is CCCCCCC(=O)N(C)c1ccc(Br)cc1N. The van der Waals surface area contributed by atoms with Crippen LogP contribution in [0.2, 0.25) is 0 Å². The second-order valence-electron chi connectivity index (χ2n) is 4.47. The molecular formula is C14H21BrN2O. The number of anilines is 2. The number of hydrogen-bond acceptors (Lipinski definition) is 2. The molecule has 0 aromatic heterocycles. The first-order valence-electron chi connectivity index (χ1n) is 6.37. The fourth-order valence-electron chi connectivity index (χ4n) is 1.84. The average molecular weight is 313 g/mol. The topological polar surface area (TPSA) is 46.3 Å². The summed E-state index contributed by atoms with van der Waals surface area (Å²) < 4.78 is 0.924. The van der Waals surface area contributed by atoms with Gasteiger partial charge >= 0.3 is 0 Å². The Morgan fingerprint density at radius 1 is 1.33 bits per heavy atom. The lowest BCUT2D eigenvalue weighted by molar-refractivity contribution is -0.118. The zero-order valence-corrected chi connectivity index (χ0v) is 12.7. The second-order valence-corrected chi connectivity index (χ2v) is 5.38. The zero-order valence-electron chi connectivity index (χ0n) is 11.1. The van der Waals surface area contributed by atoms with Gasteiger partial charge in [0.15, 0.2) is 0 Å².